The predicted molar refractivity (Wildman–Crippen MR) is 79.4 cm³/mol. The fourth-order valence-electron chi connectivity index (χ4n) is 2.85. The van der Waals surface area contributed by atoms with E-state index >= 15 is 0 Å². The van der Waals surface area contributed by atoms with Crippen molar-refractivity contribution in [1.29, 1.82) is 0 Å². The normalized spacial score (nSPS) is 23.5. The molecule has 0 bridgehead atoms. The summed E-state index contributed by atoms with van der Waals surface area (Å²) in [5.41, 5.74) is 0.682. The highest BCUT2D eigenvalue weighted by Crippen LogP contribution is 2.23. The predicted octanol–water partition coefficient (Wildman–Crippen LogP) is 1.24. The Morgan fingerprint density at radius 2 is 2.20 bits per heavy atom. The van der Waals surface area contributed by atoms with Crippen LogP contribution < -0.4 is 10.6 Å². The third-order valence-corrected chi connectivity index (χ3v) is 4.16. The van der Waals surface area contributed by atoms with Crippen molar-refractivity contribution in [3.8, 4) is 0 Å². The number of aliphatic hydroxyl groups excluding tert-OH is 1. The first-order valence-electron chi connectivity index (χ1n) is 7.41. The van der Waals surface area contributed by atoms with Gasteiger partial charge in [-0.3, -0.25) is 4.79 Å². The van der Waals surface area contributed by atoms with E-state index in [1.54, 1.807) is 0 Å². The van der Waals surface area contributed by atoms with Crippen molar-refractivity contribution in [1.82, 2.24) is 10.6 Å². The molecule has 110 valence electrons. The number of rotatable bonds is 6. The Morgan fingerprint density at radius 1 is 1.45 bits per heavy atom. The van der Waals surface area contributed by atoms with Crippen LogP contribution in [0.4, 0.5) is 0 Å². The average Bonchev–Trinajstić information content (AvgIpc) is 2.97. The second-order valence-corrected chi connectivity index (χ2v) is 5.51. The number of hydrogen-bond donors (Lipinski definition) is 3. The van der Waals surface area contributed by atoms with Gasteiger partial charge in [0.05, 0.1) is 18.2 Å². The number of nitrogens with one attached hydrogen (secondary N) is 2. The molecule has 1 aliphatic heterocycles. The van der Waals surface area contributed by atoms with E-state index in [-0.39, 0.29) is 18.6 Å². The van der Waals surface area contributed by atoms with Gasteiger partial charge in [0.1, 0.15) is 0 Å². The quantitative estimate of drug-likeness (QED) is 0.732. The molecule has 2 atom stereocenters. The monoisotopic (exact) mass is 276 g/mol. The van der Waals surface area contributed by atoms with Gasteiger partial charge in [0, 0.05) is 0 Å². The third-order valence-electron chi connectivity index (χ3n) is 4.16. The lowest BCUT2D eigenvalue weighted by Crippen LogP contribution is -2.56. The summed E-state index contributed by atoms with van der Waals surface area (Å²) in [5, 5.41) is 15.8. The number of benzene rings is 1. The van der Waals surface area contributed by atoms with Gasteiger partial charge in [-0.15, -0.1) is 0 Å². The zero-order valence-electron chi connectivity index (χ0n) is 12.1. The van der Waals surface area contributed by atoms with Crippen LogP contribution in [0, 0.1) is 0 Å². The van der Waals surface area contributed by atoms with Crippen LogP contribution in [0.1, 0.15) is 31.7 Å². The standard InChI is InChI=1S/C16H24N2O2/c1-2-16(9-6-10-17-16)15(20)18-14(12-19)11-13-7-4-3-5-8-13/h3-5,7-8,14,17,19H,2,6,9-12H2,1H3,(H,18,20)/t14-,16?/m1/s1. The van der Waals surface area contributed by atoms with Crippen LogP contribution in [0.5, 0.6) is 0 Å². The maximum atomic E-state index is 12.5. The summed E-state index contributed by atoms with van der Waals surface area (Å²) < 4.78 is 0. The van der Waals surface area contributed by atoms with Crippen LogP contribution in [0.3, 0.4) is 0 Å². The van der Waals surface area contributed by atoms with Gasteiger partial charge in [0.25, 0.3) is 0 Å². The molecular weight excluding hydrogens is 252 g/mol. The topological polar surface area (TPSA) is 61.4 Å². The maximum absolute atomic E-state index is 12.5. The molecule has 1 unspecified atom stereocenters. The lowest BCUT2D eigenvalue weighted by Gasteiger charge is -2.29. The van der Waals surface area contributed by atoms with Crippen LogP contribution >= 0.6 is 0 Å². The number of carbonyl (C=O) groups is 1. The molecule has 3 N–H and O–H groups in total. The summed E-state index contributed by atoms with van der Waals surface area (Å²) in [6, 6.07) is 9.70. The molecule has 1 saturated heterocycles. The van der Waals surface area contributed by atoms with Gasteiger partial charge < -0.3 is 15.7 Å². The van der Waals surface area contributed by atoms with Gasteiger partial charge >= 0.3 is 0 Å². The Labute approximate surface area is 120 Å². The van der Waals surface area contributed by atoms with Gasteiger partial charge in [-0.2, -0.15) is 0 Å². The first-order chi connectivity index (χ1) is 9.70. The number of amides is 1. The van der Waals surface area contributed by atoms with Crippen molar-refractivity contribution in [2.24, 2.45) is 0 Å². The minimum atomic E-state index is -0.440. The van der Waals surface area contributed by atoms with Crippen molar-refractivity contribution in [2.45, 2.75) is 44.2 Å². The molecule has 4 nitrogen and oxygen atoms in total. The molecule has 1 fully saturated rings. The van der Waals surface area contributed by atoms with Crippen LogP contribution in [-0.2, 0) is 11.2 Å². The minimum Gasteiger partial charge on any atom is -0.394 e. The van der Waals surface area contributed by atoms with E-state index in [9.17, 15) is 9.90 Å². The second kappa shape index (κ2) is 6.86. The molecule has 1 aromatic rings. The fraction of sp³-hybridized carbons (Fsp3) is 0.562. The summed E-state index contributed by atoms with van der Waals surface area (Å²) in [4.78, 5) is 12.5. The summed E-state index contributed by atoms with van der Waals surface area (Å²) in [7, 11) is 0. The number of hydrogen-bond acceptors (Lipinski definition) is 3. The first kappa shape index (κ1) is 15.0. The molecule has 1 heterocycles. The summed E-state index contributed by atoms with van der Waals surface area (Å²) >= 11 is 0. The smallest absolute Gasteiger partial charge is 0.240 e. The molecule has 1 aliphatic rings. The van der Waals surface area contributed by atoms with Gasteiger partial charge in [0.2, 0.25) is 5.91 Å². The highest BCUT2D eigenvalue weighted by Gasteiger charge is 2.39. The molecule has 20 heavy (non-hydrogen) atoms. The van der Waals surface area contributed by atoms with Crippen molar-refractivity contribution >= 4 is 5.91 Å². The molecule has 0 spiro atoms. The Hall–Kier alpha value is -1.39. The molecule has 1 amide bonds. The molecule has 4 heteroatoms. The molecule has 0 aliphatic carbocycles. The molecule has 1 aromatic carbocycles. The Kier molecular flexibility index (Phi) is 5.15. The zero-order valence-corrected chi connectivity index (χ0v) is 12.1. The Morgan fingerprint density at radius 3 is 2.75 bits per heavy atom. The summed E-state index contributed by atoms with van der Waals surface area (Å²) in [6.07, 6.45) is 3.34. The van der Waals surface area contributed by atoms with Crippen molar-refractivity contribution in [2.75, 3.05) is 13.2 Å². The van der Waals surface area contributed by atoms with E-state index in [1.165, 1.54) is 0 Å². The van der Waals surface area contributed by atoms with Crippen molar-refractivity contribution < 1.29 is 9.90 Å². The lowest BCUT2D eigenvalue weighted by atomic mass is 9.92. The van der Waals surface area contributed by atoms with Crippen molar-refractivity contribution in [3.05, 3.63) is 35.9 Å². The number of aliphatic hydroxyl groups is 1. The van der Waals surface area contributed by atoms with E-state index in [0.717, 1.165) is 31.4 Å². The van der Waals surface area contributed by atoms with Gasteiger partial charge in [-0.25, -0.2) is 0 Å². The van der Waals surface area contributed by atoms with Crippen LogP contribution in [0.15, 0.2) is 30.3 Å². The third kappa shape index (κ3) is 3.38. The Bertz CT molecular complexity index is 427. The van der Waals surface area contributed by atoms with Gasteiger partial charge in [0.15, 0.2) is 0 Å². The van der Waals surface area contributed by atoms with E-state index in [1.807, 2.05) is 37.3 Å². The van der Waals surface area contributed by atoms with Crippen LogP contribution in [-0.4, -0.2) is 35.7 Å². The lowest BCUT2D eigenvalue weighted by molar-refractivity contribution is -0.128. The SMILES string of the molecule is CCC1(C(=O)N[C@@H](CO)Cc2ccccc2)CCCN1. The van der Waals surface area contributed by atoms with E-state index in [2.05, 4.69) is 10.6 Å². The minimum absolute atomic E-state index is 0.0208. The second-order valence-electron chi connectivity index (χ2n) is 5.51. The molecule has 0 saturated carbocycles. The van der Waals surface area contributed by atoms with E-state index < -0.39 is 5.54 Å². The highest BCUT2D eigenvalue weighted by molar-refractivity contribution is 5.86. The van der Waals surface area contributed by atoms with E-state index in [0.29, 0.717) is 6.42 Å². The highest BCUT2D eigenvalue weighted by atomic mass is 16.3. The van der Waals surface area contributed by atoms with Crippen molar-refractivity contribution in [3.63, 3.8) is 0 Å². The molecule has 2 rings (SSSR count). The van der Waals surface area contributed by atoms with E-state index in [4.69, 9.17) is 0 Å². The average molecular weight is 276 g/mol. The van der Waals surface area contributed by atoms with Gasteiger partial charge in [-0.1, -0.05) is 37.3 Å². The molecule has 0 radical (unpaired) electrons. The van der Waals surface area contributed by atoms with Gasteiger partial charge in [-0.05, 0) is 37.8 Å². The first-order valence-corrected chi connectivity index (χ1v) is 7.41. The maximum Gasteiger partial charge on any atom is 0.240 e. The van der Waals surface area contributed by atoms with Crippen LogP contribution in [0.2, 0.25) is 0 Å². The Balaban J connectivity index is 1.97. The molecule has 0 aromatic heterocycles. The molecular formula is C16H24N2O2. The number of carbonyl (C=O) groups excluding carboxylic acids is 1. The summed E-state index contributed by atoms with van der Waals surface area (Å²) in [5.74, 6) is 0.0208. The van der Waals surface area contributed by atoms with Crippen LogP contribution in [0.25, 0.3) is 0 Å². The fourth-order valence-corrected chi connectivity index (χ4v) is 2.85. The summed E-state index contributed by atoms with van der Waals surface area (Å²) in [6.45, 7) is 2.88. The largest absolute Gasteiger partial charge is 0.394 e. The zero-order chi connectivity index (χ0) is 14.4.